The third kappa shape index (κ3) is 3.12. The summed E-state index contributed by atoms with van der Waals surface area (Å²) in [6.45, 7) is 3.12. The Morgan fingerprint density at radius 3 is 2.74 bits per heavy atom. The molecule has 1 aromatic heterocycles. The number of carbonyl (C=O) groups is 1. The fraction of sp³-hybridized carbons (Fsp3) is 0.474. The number of amides is 1. The molecule has 27 heavy (non-hydrogen) atoms. The molecule has 1 unspecified atom stereocenters. The van der Waals surface area contributed by atoms with E-state index in [0.29, 0.717) is 31.6 Å². The zero-order valence-electron chi connectivity index (χ0n) is 15.6. The Kier molecular flexibility index (Phi) is 4.46. The van der Waals surface area contributed by atoms with Crippen molar-refractivity contribution in [3.8, 4) is 0 Å². The first-order valence-electron chi connectivity index (χ1n) is 9.27. The molecule has 1 aromatic carbocycles. The molecular weight excluding hydrogens is 364 g/mol. The minimum Gasteiger partial charge on any atom is -0.336 e. The van der Waals surface area contributed by atoms with Crippen molar-refractivity contribution in [1.29, 1.82) is 0 Å². The molecule has 1 atom stereocenters. The number of aromatic nitrogens is 2. The first-order chi connectivity index (χ1) is 12.9. The Balaban J connectivity index is 1.56. The Morgan fingerprint density at radius 2 is 2.00 bits per heavy atom. The molecule has 0 aliphatic carbocycles. The van der Waals surface area contributed by atoms with E-state index in [4.69, 9.17) is 0 Å². The second-order valence-corrected chi connectivity index (χ2v) is 9.44. The van der Waals surface area contributed by atoms with Gasteiger partial charge in [-0.25, -0.2) is 8.42 Å². The van der Waals surface area contributed by atoms with Gasteiger partial charge in [0.1, 0.15) is 5.69 Å². The van der Waals surface area contributed by atoms with E-state index in [1.165, 1.54) is 4.31 Å². The van der Waals surface area contributed by atoms with E-state index in [0.717, 1.165) is 23.4 Å². The molecular formula is C19H24N4O3S. The van der Waals surface area contributed by atoms with Crippen LogP contribution in [0, 0.1) is 6.92 Å². The van der Waals surface area contributed by atoms with Crippen LogP contribution in [0.5, 0.6) is 0 Å². The summed E-state index contributed by atoms with van der Waals surface area (Å²) in [5.41, 5.74) is 3.12. The van der Waals surface area contributed by atoms with E-state index < -0.39 is 15.3 Å². The van der Waals surface area contributed by atoms with Gasteiger partial charge in [-0.1, -0.05) is 18.2 Å². The van der Waals surface area contributed by atoms with Crippen molar-refractivity contribution in [2.45, 2.75) is 31.4 Å². The fourth-order valence-corrected chi connectivity index (χ4v) is 6.08. The highest BCUT2D eigenvalue weighted by Gasteiger charge is 2.39. The second-order valence-electron chi connectivity index (χ2n) is 7.31. The molecule has 1 saturated heterocycles. The summed E-state index contributed by atoms with van der Waals surface area (Å²) in [5, 5.41) is 3.65. The van der Waals surface area contributed by atoms with Gasteiger partial charge < -0.3 is 4.90 Å². The van der Waals surface area contributed by atoms with Crippen LogP contribution < -0.4 is 4.31 Å². The van der Waals surface area contributed by atoms with Crippen molar-refractivity contribution >= 4 is 21.6 Å². The lowest BCUT2D eigenvalue weighted by Gasteiger charge is -2.35. The van der Waals surface area contributed by atoms with E-state index in [2.05, 4.69) is 5.10 Å². The number of hydrogen-bond acceptors (Lipinski definition) is 4. The standard InChI is InChI=1S/C19H24N4O3S/c1-14-12-18(21(2)20-14)19(24)22-10-5-7-16(13-22)27(25,26)23-11-9-15-6-3-4-8-17(15)23/h3-4,6,8,12,16H,5,7,9-11,13H2,1-2H3. The number of rotatable bonds is 3. The summed E-state index contributed by atoms with van der Waals surface area (Å²) in [4.78, 5) is 14.5. The number of benzene rings is 1. The normalized spacial score (nSPS) is 20.0. The summed E-state index contributed by atoms with van der Waals surface area (Å²) in [6.07, 6.45) is 2.00. The van der Waals surface area contributed by atoms with Gasteiger partial charge in [0.25, 0.3) is 5.91 Å². The number of nitrogens with zero attached hydrogens (tertiary/aromatic N) is 4. The van der Waals surface area contributed by atoms with Gasteiger partial charge in [-0.15, -0.1) is 0 Å². The van der Waals surface area contributed by atoms with E-state index in [9.17, 15) is 13.2 Å². The zero-order valence-corrected chi connectivity index (χ0v) is 16.4. The molecule has 8 heteroatoms. The summed E-state index contributed by atoms with van der Waals surface area (Å²) < 4.78 is 29.7. The average molecular weight is 388 g/mol. The lowest BCUT2D eigenvalue weighted by Crippen LogP contribution is -2.49. The molecule has 2 aromatic rings. The molecule has 2 aliphatic rings. The van der Waals surface area contributed by atoms with Crippen molar-refractivity contribution < 1.29 is 13.2 Å². The largest absolute Gasteiger partial charge is 0.336 e. The average Bonchev–Trinajstić information content (AvgIpc) is 3.24. The van der Waals surface area contributed by atoms with Gasteiger partial charge in [0, 0.05) is 26.7 Å². The predicted molar refractivity (Wildman–Crippen MR) is 103 cm³/mol. The Hall–Kier alpha value is -2.35. The lowest BCUT2D eigenvalue weighted by atomic mass is 10.1. The molecule has 4 rings (SSSR count). The number of anilines is 1. The topological polar surface area (TPSA) is 75.5 Å². The summed E-state index contributed by atoms with van der Waals surface area (Å²) in [7, 11) is -1.78. The molecule has 1 fully saturated rings. The molecule has 0 bridgehead atoms. The Labute approximate surface area is 159 Å². The van der Waals surface area contributed by atoms with Crippen LogP contribution in [0.3, 0.4) is 0 Å². The number of likely N-dealkylation sites (tertiary alicyclic amines) is 1. The number of aryl methyl sites for hydroxylation is 2. The van der Waals surface area contributed by atoms with Crippen LogP contribution in [0.2, 0.25) is 0 Å². The number of carbonyl (C=O) groups excluding carboxylic acids is 1. The third-order valence-electron chi connectivity index (χ3n) is 5.46. The smallest absolute Gasteiger partial charge is 0.272 e. The maximum Gasteiger partial charge on any atom is 0.272 e. The lowest BCUT2D eigenvalue weighted by molar-refractivity contribution is 0.0715. The van der Waals surface area contributed by atoms with Crippen LogP contribution in [0.25, 0.3) is 0 Å². The Morgan fingerprint density at radius 1 is 1.22 bits per heavy atom. The molecule has 0 saturated carbocycles. The number of para-hydroxylation sites is 1. The maximum atomic E-state index is 13.3. The van der Waals surface area contributed by atoms with Crippen molar-refractivity contribution in [2.24, 2.45) is 7.05 Å². The van der Waals surface area contributed by atoms with E-state index >= 15 is 0 Å². The summed E-state index contributed by atoms with van der Waals surface area (Å²) in [5.74, 6) is -0.153. The number of fused-ring (bicyclic) bond motifs is 1. The van der Waals surface area contributed by atoms with Crippen molar-refractivity contribution in [1.82, 2.24) is 14.7 Å². The van der Waals surface area contributed by atoms with Gasteiger partial charge in [0.15, 0.2) is 0 Å². The van der Waals surface area contributed by atoms with E-state index in [-0.39, 0.29) is 12.5 Å². The van der Waals surface area contributed by atoms with E-state index in [1.807, 2.05) is 31.2 Å². The highest BCUT2D eigenvalue weighted by atomic mass is 32.2. The SMILES string of the molecule is Cc1cc(C(=O)N2CCCC(S(=O)(=O)N3CCc4ccccc43)C2)n(C)n1. The minimum atomic E-state index is -3.51. The highest BCUT2D eigenvalue weighted by molar-refractivity contribution is 7.93. The minimum absolute atomic E-state index is 0.153. The molecule has 144 valence electrons. The first-order valence-corrected chi connectivity index (χ1v) is 10.8. The molecule has 0 radical (unpaired) electrons. The highest BCUT2D eigenvalue weighted by Crippen LogP contribution is 2.33. The quantitative estimate of drug-likeness (QED) is 0.802. The first kappa shape index (κ1) is 18.0. The van der Waals surface area contributed by atoms with E-state index in [1.54, 1.807) is 22.7 Å². The maximum absolute atomic E-state index is 13.3. The molecule has 7 nitrogen and oxygen atoms in total. The van der Waals surface area contributed by atoms with Crippen molar-refractivity contribution in [3.63, 3.8) is 0 Å². The molecule has 2 aliphatic heterocycles. The van der Waals surface area contributed by atoms with Gasteiger partial charge in [-0.05, 0) is 43.9 Å². The summed E-state index contributed by atoms with van der Waals surface area (Å²) in [6, 6.07) is 9.40. The number of sulfonamides is 1. The Bertz CT molecular complexity index is 983. The fourth-order valence-electron chi connectivity index (χ4n) is 4.09. The van der Waals surface area contributed by atoms with Crippen LogP contribution in [-0.4, -0.2) is 53.9 Å². The van der Waals surface area contributed by atoms with Crippen LogP contribution in [-0.2, 0) is 23.5 Å². The van der Waals surface area contributed by atoms with Gasteiger partial charge in [0.05, 0.1) is 16.6 Å². The zero-order chi connectivity index (χ0) is 19.2. The summed E-state index contributed by atoms with van der Waals surface area (Å²) >= 11 is 0. The molecule has 3 heterocycles. The van der Waals surface area contributed by atoms with Gasteiger partial charge >= 0.3 is 0 Å². The second kappa shape index (κ2) is 6.67. The van der Waals surface area contributed by atoms with Crippen LogP contribution in [0.4, 0.5) is 5.69 Å². The predicted octanol–water partition coefficient (Wildman–Crippen LogP) is 1.73. The monoisotopic (exact) mass is 388 g/mol. The molecule has 1 amide bonds. The van der Waals surface area contributed by atoms with Crippen molar-refractivity contribution in [2.75, 3.05) is 23.9 Å². The van der Waals surface area contributed by atoms with Gasteiger partial charge in [0.2, 0.25) is 10.0 Å². The van der Waals surface area contributed by atoms with Crippen LogP contribution in [0.1, 0.15) is 34.6 Å². The van der Waals surface area contributed by atoms with Crippen molar-refractivity contribution in [3.05, 3.63) is 47.3 Å². The number of piperidine rings is 1. The molecule has 0 N–H and O–H groups in total. The van der Waals surface area contributed by atoms with Gasteiger partial charge in [-0.2, -0.15) is 5.10 Å². The number of hydrogen-bond donors (Lipinski definition) is 0. The van der Waals surface area contributed by atoms with Gasteiger partial charge in [-0.3, -0.25) is 13.8 Å². The molecule has 0 spiro atoms. The van der Waals surface area contributed by atoms with Crippen LogP contribution in [0.15, 0.2) is 30.3 Å². The van der Waals surface area contributed by atoms with Crippen LogP contribution >= 0.6 is 0 Å². The third-order valence-corrected chi connectivity index (χ3v) is 7.68.